The Morgan fingerprint density at radius 1 is 1.25 bits per heavy atom. The van der Waals surface area contributed by atoms with E-state index in [0.717, 1.165) is 0 Å². The van der Waals surface area contributed by atoms with E-state index in [1.807, 2.05) is 0 Å². The maximum atomic E-state index is 3.40. The van der Waals surface area contributed by atoms with Crippen LogP contribution in [0.1, 0.15) is 36.4 Å². The summed E-state index contributed by atoms with van der Waals surface area (Å²) >= 11 is 0. The molecule has 3 rings (SSSR count). The second kappa shape index (κ2) is 4.10. The van der Waals surface area contributed by atoms with E-state index < -0.39 is 0 Å². The molecule has 1 aliphatic carbocycles. The van der Waals surface area contributed by atoms with E-state index in [2.05, 4.69) is 35.5 Å². The summed E-state index contributed by atoms with van der Waals surface area (Å²) in [5.74, 6) is 0. The average Bonchev–Trinajstić information content (AvgIpc) is 2.97. The predicted molar refractivity (Wildman–Crippen MR) is 68.0 cm³/mol. The maximum Gasteiger partial charge on any atom is 0.0369 e. The molecule has 0 amide bonds. The smallest absolute Gasteiger partial charge is 0.0369 e. The van der Waals surface area contributed by atoms with E-state index in [4.69, 9.17) is 0 Å². The van der Waals surface area contributed by atoms with Gasteiger partial charge in [0.2, 0.25) is 0 Å². The average molecular weight is 216 g/mol. The summed E-state index contributed by atoms with van der Waals surface area (Å²) in [5.41, 5.74) is 4.52. The van der Waals surface area contributed by atoms with Crippen LogP contribution in [0, 0.1) is 0 Å². The van der Waals surface area contributed by atoms with Gasteiger partial charge in [0, 0.05) is 24.8 Å². The van der Waals surface area contributed by atoms with Gasteiger partial charge in [0.15, 0.2) is 0 Å². The lowest BCUT2D eigenvalue weighted by Crippen LogP contribution is -2.18. The minimum absolute atomic E-state index is 0.586. The zero-order valence-electron chi connectivity index (χ0n) is 10.00. The number of aryl methyl sites for hydroxylation is 1. The summed E-state index contributed by atoms with van der Waals surface area (Å²) < 4.78 is 0. The summed E-state index contributed by atoms with van der Waals surface area (Å²) in [4.78, 5) is 2.52. The van der Waals surface area contributed by atoms with Gasteiger partial charge < -0.3 is 10.2 Å². The van der Waals surface area contributed by atoms with E-state index in [0.29, 0.717) is 6.04 Å². The van der Waals surface area contributed by atoms with Crippen molar-refractivity contribution in [1.29, 1.82) is 0 Å². The van der Waals surface area contributed by atoms with Gasteiger partial charge in [0.1, 0.15) is 0 Å². The molecule has 16 heavy (non-hydrogen) atoms. The summed E-state index contributed by atoms with van der Waals surface area (Å²) in [5, 5.41) is 3.40. The fraction of sp³-hybridized carbons (Fsp3) is 0.571. The second-order valence-corrected chi connectivity index (χ2v) is 4.96. The Morgan fingerprint density at radius 3 is 2.81 bits per heavy atom. The first-order valence-corrected chi connectivity index (χ1v) is 6.43. The van der Waals surface area contributed by atoms with Crippen LogP contribution in [0.15, 0.2) is 18.2 Å². The minimum atomic E-state index is 0.586. The molecule has 0 spiro atoms. The molecule has 86 valence electrons. The van der Waals surface area contributed by atoms with Crippen molar-refractivity contribution in [3.63, 3.8) is 0 Å². The molecule has 1 aromatic carbocycles. The third-order valence-corrected chi connectivity index (χ3v) is 4.02. The molecule has 1 heterocycles. The monoisotopic (exact) mass is 216 g/mol. The number of anilines is 1. The Bertz CT molecular complexity index is 380. The highest BCUT2D eigenvalue weighted by molar-refractivity contribution is 5.53. The highest BCUT2D eigenvalue weighted by atomic mass is 15.1. The predicted octanol–water partition coefficient (Wildman–Crippen LogP) is 2.49. The molecular formula is C14H20N2. The van der Waals surface area contributed by atoms with Gasteiger partial charge in [0.05, 0.1) is 0 Å². The van der Waals surface area contributed by atoms with E-state index in [1.54, 1.807) is 5.56 Å². The minimum Gasteiger partial charge on any atom is -0.372 e. The molecule has 2 heteroatoms. The van der Waals surface area contributed by atoms with Crippen LogP contribution < -0.4 is 10.2 Å². The number of hydrogen-bond acceptors (Lipinski definition) is 2. The van der Waals surface area contributed by atoms with Crippen molar-refractivity contribution >= 4 is 5.69 Å². The summed E-state index contributed by atoms with van der Waals surface area (Å²) in [6.07, 6.45) is 5.21. The Morgan fingerprint density at radius 2 is 2.06 bits per heavy atom. The lowest BCUT2D eigenvalue weighted by atomic mass is 10.1. The zero-order chi connectivity index (χ0) is 11.0. The molecule has 0 aromatic heterocycles. The largest absolute Gasteiger partial charge is 0.372 e. The Labute approximate surface area is 97.6 Å². The lowest BCUT2D eigenvalue weighted by Gasteiger charge is -2.19. The molecule has 1 atom stereocenters. The van der Waals surface area contributed by atoms with E-state index in [-0.39, 0.29) is 0 Å². The molecule has 2 aliphatic rings. The number of benzene rings is 1. The van der Waals surface area contributed by atoms with Crippen LogP contribution in [0.4, 0.5) is 5.69 Å². The van der Waals surface area contributed by atoms with Gasteiger partial charge in [-0.15, -0.1) is 0 Å². The van der Waals surface area contributed by atoms with Crippen LogP contribution in [-0.4, -0.2) is 20.1 Å². The van der Waals surface area contributed by atoms with Crippen molar-refractivity contribution in [2.75, 3.05) is 25.0 Å². The summed E-state index contributed by atoms with van der Waals surface area (Å²) in [7, 11) is 2.06. The first kappa shape index (κ1) is 10.2. The van der Waals surface area contributed by atoms with Gasteiger partial charge in [-0.1, -0.05) is 6.07 Å². The number of rotatable bonds is 2. The number of hydrogen-bond donors (Lipinski definition) is 1. The molecule has 1 N–H and O–H groups in total. The first-order valence-electron chi connectivity index (χ1n) is 6.43. The van der Waals surface area contributed by atoms with E-state index in [1.165, 1.54) is 50.0 Å². The second-order valence-electron chi connectivity index (χ2n) is 4.96. The maximum absolute atomic E-state index is 3.40. The van der Waals surface area contributed by atoms with Crippen LogP contribution in [0.5, 0.6) is 0 Å². The first-order chi connectivity index (χ1) is 7.88. The van der Waals surface area contributed by atoms with Gasteiger partial charge >= 0.3 is 0 Å². The van der Waals surface area contributed by atoms with Crippen molar-refractivity contribution in [2.24, 2.45) is 0 Å². The SMILES string of the molecule is CNC1CCc2cc(N3CCCC3)ccc21. The normalized spacial score (nSPS) is 23.8. The van der Waals surface area contributed by atoms with Gasteiger partial charge in [-0.2, -0.15) is 0 Å². The summed E-state index contributed by atoms with van der Waals surface area (Å²) in [6.45, 7) is 2.49. The number of nitrogens with zero attached hydrogens (tertiary/aromatic N) is 1. The van der Waals surface area contributed by atoms with Crippen molar-refractivity contribution < 1.29 is 0 Å². The standard InChI is InChI=1S/C14H20N2/c1-15-14-7-4-11-10-12(5-6-13(11)14)16-8-2-3-9-16/h5-6,10,14-15H,2-4,7-9H2,1H3. The molecule has 1 aromatic rings. The zero-order valence-corrected chi connectivity index (χ0v) is 10.00. The van der Waals surface area contributed by atoms with Crippen LogP contribution >= 0.6 is 0 Å². The highest BCUT2D eigenvalue weighted by Crippen LogP contribution is 2.34. The van der Waals surface area contributed by atoms with Crippen molar-refractivity contribution in [3.05, 3.63) is 29.3 Å². The molecular weight excluding hydrogens is 196 g/mol. The number of fused-ring (bicyclic) bond motifs is 1. The molecule has 0 bridgehead atoms. The molecule has 0 saturated carbocycles. The topological polar surface area (TPSA) is 15.3 Å². The van der Waals surface area contributed by atoms with Crippen molar-refractivity contribution in [2.45, 2.75) is 31.7 Å². The Kier molecular flexibility index (Phi) is 2.60. The van der Waals surface area contributed by atoms with Crippen molar-refractivity contribution in [3.8, 4) is 0 Å². The quantitative estimate of drug-likeness (QED) is 0.817. The fourth-order valence-electron chi connectivity index (χ4n) is 3.08. The molecule has 1 fully saturated rings. The Balaban J connectivity index is 1.88. The fourth-order valence-corrected chi connectivity index (χ4v) is 3.08. The van der Waals surface area contributed by atoms with Gasteiger partial charge in [-0.05, 0) is 56.0 Å². The van der Waals surface area contributed by atoms with Gasteiger partial charge in [-0.3, -0.25) is 0 Å². The molecule has 1 saturated heterocycles. The highest BCUT2D eigenvalue weighted by Gasteiger charge is 2.22. The van der Waals surface area contributed by atoms with Crippen molar-refractivity contribution in [1.82, 2.24) is 5.32 Å². The van der Waals surface area contributed by atoms with Crippen LogP contribution in [0.25, 0.3) is 0 Å². The number of nitrogens with one attached hydrogen (secondary N) is 1. The third-order valence-electron chi connectivity index (χ3n) is 4.02. The third kappa shape index (κ3) is 1.61. The van der Waals surface area contributed by atoms with Crippen LogP contribution in [0.2, 0.25) is 0 Å². The Hall–Kier alpha value is -1.02. The van der Waals surface area contributed by atoms with E-state index in [9.17, 15) is 0 Å². The van der Waals surface area contributed by atoms with Crippen LogP contribution in [-0.2, 0) is 6.42 Å². The summed E-state index contributed by atoms with van der Waals surface area (Å²) in [6, 6.07) is 7.64. The molecule has 0 radical (unpaired) electrons. The van der Waals surface area contributed by atoms with Gasteiger partial charge in [-0.25, -0.2) is 0 Å². The molecule has 1 aliphatic heterocycles. The van der Waals surface area contributed by atoms with Crippen LogP contribution in [0.3, 0.4) is 0 Å². The lowest BCUT2D eigenvalue weighted by molar-refractivity contribution is 0.590. The van der Waals surface area contributed by atoms with Gasteiger partial charge in [0.25, 0.3) is 0 Å². The molecule has 1 unspecified atom stereocenters. The molecule has 2 nitrogen and oxygen atoms in total. The van der Waals surface area contributed by atoms with E-state index >= 15 is 0 Å².